The third-order valence-corrected chi connectivity index (χ3v) is 5.32. The van der Waals surface area contributed by atoms with E-state index < -0.39 is 0 Å². The van der Waals surface area contributed by atoms with Crippen molar-refractivity contribution in [1.29, 1.82) is 0 Å². The molecule has 1 fully saturated rings. The van der Waals surface area contributed by atoms with Crippen LogP contribution in [0.1, 0.15) is 43.2 Å². The lowest BCUT2D eigenvalue weighted by molar-refractivity contribution is 0.436. The molecular formula is C24H25Cl. The summed E-state index contributed by atoms with van der Waals surface area (Å²) >= 11 is 6.16. The van der Waals surface area contributed by atoms with Crippen molar-refractivity contribution >= 4 is 11.6 Å². The van der Waals surface area contributed by atoms with E-state index in [0.29, 0.717) is 11.3 Å². The Labute approximate surface area is 156 Å². The number of aryl methyl sites for hydroxylation is 1. The molecule has 0 atom stereocenters. The number of halogens is 1. The van der Waals surface area contributed by atoms with E-state index in [1.54, 1.807) is 0 Å². The maximum Gasteiger partial charge on any atom is 0.0337 e. The Morgan fingerprint density at radius 1 is 0.920 bits per heavy atom. The molecule has 1 heteroatoms. The largest absolute Gasteiger partial charge is 0.123 e. The molecule has 1 aliphatic carbocycles. The van der Waals surface area contributed by atoms with Gasteiger partial charge in [0.05, 0.1) is 0 Å². The van der Waals surface area contributed by atoms with Gasteiger partial charge in [0.25, 0.3) is 0 Å². The second-order valence-corrected chi connectivity index (χ2v) is 7.44. The SMILES string of the molecule is C=CCCc1ccc(-c2ccc(C#CC3CCC(Cl)CC3)cc2)cc1. The second-order valence-electron chi connectivity index (χ2n) is 6.82. The van der Waals surface area contributed by atoms with Crippen LogP contribution in [0, 0.1) is 17.8 Å². The maximum atomic E-state index is 6.16. The van der Waals surface area contributed by atoms with Crippen molar-refractivity contribution in [2.24, 2.45) is 5.92 Å². The number of alkyl halides is 1. The molecule has 25 heavy (non-hydrogen) atoms. The van der Waals surface area contributed by atoms with Gasteiger partial charge in [-0.1, -0.05) is 54.3 Å². The molecule has 0 saturated heterocycles. The monoisotopic (exact) mass is 348 g/mol. The topological polar surface area (TPSA) is 0 Å². The van der Waals surface area contributed by atoms with Crippen molar-refractivity contribution in [3.05, 3.63) is 72.3 Å². The van der Waals surface area contributed by atoms with Crippen LogP contribution in [0.15, 0.2) is 61.2 Å². The minimum absolute atomic E-state index is 0.362. The third-order valence-electron chi connectivity index (χ3n) is 4.89. The van der Waals surface area contributed by atoms with Crippen molar-refractivity contribution in [3.8, 4) is 23.0 Å². The first-order chi connectivity index (χ1) is 12.2. The molecule has 0 aromatic heterocycles. The standard InChI is InChI=1S/C24H25Cl/c1-2-3-4-19-7-13-22(14-8-19)23-15-9-20(10-16-23)5-6-21-11-17-24(25)18-12-21/h2,7-10,13-16,21,24H,1,3-4,11-12,17-18H2. The molecule has 2 aromatic rings. The van der Waals surface area contributed by atoms with Crippen molar-refractivity contribution in [3.63, 3.8) is 0 Å². The lowest BCUT2D eigenvalue weighted by Gasteiger charge is -2.20. The van der Waals surface area contributed by atoms with E-state index in [-0.39, 0.29) is 0 Å². The molecule has 0 bridgehead atoms. The van der Waals surface area contributed by atoms with E-state index in [2.05, 4.69) is 67.0 Å². The number of benzene rings is 2. The summed E-state index contributed by atoms with van der Waals surface area (Å²) in [6.45, 7) is 3.78. The maximum absolute atomic E-state index is 6.16. The molecule has 0 spiro atoms. The van der Waals surface area contributed by atoms with Crippen LogP contribution in [0.3, 0.4) is 0 Å². The van der Waals surface area contributed by atoms with Gasteiger partial charge in [0.2, 0.25) is 0 Å². The average molecular weight is 349 g/mol. The Hall–Kier alpha value is -1.97. The summed E-state index contributed by atoms with van der Waals surface area (Å²) in [4.78, 5) is 0. The molecule has 2 aromatic carbocycles. The third kappa shape index (κ3) is 5.25. The van der Waals surface area contributed by atoms with Gasteiger partial charge < -0.3 is 0 Å². The Kier molecular flexibility index (Phi) is 6.37. The number of hydrogen-bond acceptors (Lipinski definition) is 0. The van der Waals surface area contributed by atoms with Crippen LogP contribution in [0.5, 0.6) is 0 Å². The highest BCUT2D eigenvalue weighted by molar-refractivity contribution is 6.20. The van der Waals surface area contributed by atoms with E-state index in [9.17, 15) is 0 Å². The summed E-state index contributed by atoms with van der Waals surface area (Å²) in [6.07, 6.45) is 8.53. The number of allylic oxidation sites excluding steroid dienone is 1. The van der Waals surface area contributed by atoms with E-state index >= 15 is 0 Å². The van der Waals surface area contributed by atoms with E-state index in [1.807, 2.05) is 6.08 Å². The first-order valence-corrected chi connectivity index (χ1v) is 9.64. The molecule has 0 radical (unpaired) electrons. The van der Waals surface area contributed by atoms with Crippen molar-refractivity contribution < 1.29 is 0 Å². The molecule has 0 nitrogen and oxygen atoms in total. The zero-order chi connectivity index (χ0) is 17.5. The molecule has 3 rings (SSSR count). The van der Waals surface area contributed by atoms with Gasteiger partial charge >= 0.3 is 0 Å². The molecule has 0 unspecified atom stereocenters. The second kappa shape index (κ2) is 8.93. The van der Waals surface area contributed by atoms with E-state index in [1.165, 1.54) is 16.7 Å². The molecular weight excluding hydrogens is 324 g/mol. The predicted octanol–water partition coefficient (Wildman–Crippen LogP) is 6.62. The average Bonchev–Trinajstić information content (AvgIpc) is 2.67. The summed E-state index contributed by atoms with van der Waals surface area (Å²) in [7, 11) is 0. The van der Waals surface area contributed by atoms with Gasteiger partial charge in [-0.25, -0.2) is 0 Å². The van der Waals surface area contributed by atoms with Crippen LogP contribution >= 0.6 is 11.6 Å². The van der Waals surface area contributed by atoms with Crippen LogP contribution in [0.25, 0.3) is 11.1 Å². The fourth-order valence-electron chi connectivity index (χ4n) is 3.26. The highest BCUT2D eigenvalue weighted by Gasteiger charge is 2.17. The molecule has 1 aliphatic rings. The Balaban J connectivity index is 1.63. The highest BCUT2D eigenvalue weighted by atomic mass is 35.5. The van der Waals surface area contributed by atoms with Crippen LogP contribution in [-0.4, -0.2) is 5.38 Å². The first kappa shape index (κ1) is 17.8. The van der Waals surface area contributed by atoms with Crippen molar-refractivity contribution in [2.75, 3.05) is 0 Å². The minimum Gasteiger partial charge on any atom is -0.123 e. The Morgan fingerprint density at radius 2 is 1.52 bits per heavy atom. The van der Waals surface area contributed by atoms with Crippen molar-refractivity contribution in [2.45, 2.75) is 43.9 Å². The molecule has 0 heterocycles. The minimum atomic E-state index is 0.362. The van der Waals surface area contributed by atoms with Crippen LogP contribution < -0.4 is 0 Å². The molecule has 0 aliphatic heterocycles. The van der Waals surface area contributed by atoms with Crippen LogP contribution in [-0.2, 0) is 6.42 Å². The van der Waals surface area contributed by atoms with Gasteiger partial charge in [0, 0.05) is 16.9 Å². The van der Waals surface area contributed by atoms with Gasteiger partial charge in [-0.2, -0.15) is 0 Å². The molecule has 0 amide bonds. The molecule has 128 valence electrons. The van der Waals surface area contributed by atoms with E-state index in [0.717, 1.165) is 44.1 Å². The summed E-state index contributed by atoms with van der Waals surface area (Å²) in [5.41, 5.74) is 4.95. The zero-order valence-electron chi connectivity index (χ0n) is 14.7. The van der Waals surface area contributed by atoms with E-state index in [4.69, 9.17) is 11.6 Å². The van der Waals surface area contributed by atoms with Gasteiger partial charge in [-0.05, 0) is 67.3 Å². The summed E-state index contributed by atoms with van der Waals surface area (Å²) < 4.78 is 0. The number of hydrogen-bond donors (Lipinski definition) is 0. The summed E-state index contributed by atoms with van der Waals surface area (Å²) in [5.74, 6) is 7.28. The Morgan fingerprint density at radius 3 is 2.12 bits per heavy atom. The predicted molar refractivity (Wildman–Crippen MR) is 109 cm³/mol. The quantitative estimate of drug-likeness (QED) is 0.331. The van der Waals surface area contributed by atoms with Crippen molar-refractivity contribution in [1.82, 2.24) is 0 Å². The van der Waals surface area contributed by atoms with Crippen LogP contribution in [0.4, 0.5) is 0 Å². The zero-order valence-corrected chi connectivity index (χ0v) is 15.4. The smallest absolute Gasteiger partial charge is 0.0337 e. The molecule has 0 N–H and O–H groups in total. The van der Waals surface area contributed by atoms with Crippen LogP contribution in [0.2, 0.25) is 0 Å². The summed E-state index contributed by atoms with van der Waals surface area (Å²) in [5, 5.41) is 0.362. The van der Waals surface area contributed by atoms with Gasteiger partial charge in [-0.15, -0.1) is 18.2 Å². The van der Waals surface area contributed by atoms with Gasteiger partial charge in [0.15, 0.2) is 0 Å². The first-order valence-electron chi connectivity index (χ1n) is 9.20. The fourth-order valence-corrected chi connectivity index (χ4v) is 3.51. The summed E-state index contributed by atoms with van der Waals surface area (Å²) in [6, 6.07) is 17.4. The van der Waals surface area contributed by atoms with Gasteiger partial charge in [0.1, 0.15) is 0 Å². The highest BCUT2D eigenvalue weighted by Crippen LogP contribution is 2.27. The normalized spacial score (nSPS) is 19.7. The number of rotatable bonds is 4. The fraction of sp³-hybridized carbons (Fsp3) is 0.333. The van der Waals surface area contributed by atoms with Gasteiger partial charge in [-0.3, -0.25) is 0 Å². The lowest BCUT2D eigenvalue weighted by atomic mass is 9.89. The Bertz CT molecular complexity index is 735. The molecule has 1 saturated carbocycles. The lowest BCUT2D eigenvalue weighted by Crippen LogP contribution is -2.12.